The summed E-state index contributed by atoms with van der Waals surface area (Å²) < 4.78 is 25.3. The highest BCUT2D eigenvalue weighted by Crippen LogP contribution is 2.22. The van der Waals surface area contributed by atoms with Crippen LogP contribution in [-0.4, -0.2) is 59.3 Å². The van der Waals surface area contributed by atoms with Gasteiger partial charge in [-0.15, -0.1) is 0 Å². The van der Waals surface area contributed by atoms with Gasteiger partial charge in [-0.25, -0.2) is 8.42 Å². The number of aromatic nitrogens is 2. The molecule has 1 fully saturated rings. The van der Waals surface area contributed by atoms with Gasteiger partial charge in [0, 0.05) is 55.7 Å². The van der Waals surface area contributed by atoms with E-state index in [0.717, 1.165) is 17.9 Å². The minimum Gasteiger partial charge on any atom is -0.323 e. The van der Waals surface area contributed by atoms with Crippen LogP contribution in [0, 0.1) is 0 Å². The van der Waals surface area contributed by atoms with Gasteiger partial charge in [0.05, 0.1) is 6.20 Å². The number of nitrogens with zero attached hydrogens (tertiary/aromatic N) is 3. The Morgan fingerprint density at radius 1 is 1.63 bits per heavy atom. The number of hydrogen-bond donors (Lipinski definition) is 1. The molecule has 2 unspecified atom stereocenters. The number of thioether (sulfide) groups is 1. The van der Waals surface area contributed by atoms with E-state index in [1.54, 1.807) is 22.6 Å². The van der Waals surface area contributed by atoms with Crippen molar-refractivity contribution in [3.63, 3.8) is 0 Å². The molecule has 0 aliphatic carbocycles. The normalized spacial score (nSPS) is 23.4. The lowest BCUT2D eigenvalue weighted by molar-refractivity contribution is 0.254. The third-order valence-corrected chi connectivity index (χ3v) is 5.96. The van der Waals surface area contributed by atoms with Crippen LogP contribution in [0.25, 0.3) is 0 Å². The molecule has 0 bridgehead atoms. The van der Waals surface area contributed by atoms with Gasteiger partial charge in [0.25, 0.3) is 0 Å². The fourth-order valence-corrected chi connectivity index (χ4v) is 5.16. The zero-order chi connectivity index (χ0) is 14.0. The Balaban J connectivity index is 2.07. The van der Waals surface area contributed by atoms with Crippen molar-refractivity contribution in [2.24, 2.45) is 12.8 Å². The molecule has 0 spiro atoms. The zero-order valence-electron chi connectivity index (χ0n) is 11.2. The third-order valence-electron chi connectivity index (χ3n) is 3.27. The quantitative estimate of drug-likeness (QED) is 0.832. The Morgan fingerprint density at radius 3 is 2.95 bits per heavy atom. The van der Waals surface area contributed by atoms with Crippen molar-refractivity contribution in [1.29, 1.82) is 0 Å². The molecule has 1 saturated heterocycles. The molecule has 8 heteroatoms. The fraction of sp³-hybridized carbons (Fsp3) is 0.727. The Labute approximate surface area is 118 Å². The van der Waals surface area contributed by atoms with Crippen molar-refractivity contribution < 1.29 is 8.42 Å². The van der Waals surface area contributed by atoms with E-state index in [1.807, 2.05) is 18.1 Å². The smallest absolute Gasteiger partial charge is 0.164 e. The van der Waals surface area contributed by atoms with Crippen molar-refractivity contribution in [2.75, 3.05) is 30.9 Å². The minimum absolute atomic E-state index is 0.207. The molecule has 1 aromatic rings. The molecule has 0 aromatic carbocycles. The maximum atomic E-state index is 11.8. The summed E-state index contributed by atoms with van der Waals surface area (Å²) in [6.45, 7) is 1.31. The summed E-state index contributed by atoms with van der Waals surface area (Å²) in [5.41, 5.74) is 7.09. The molecule has 1 aliphatic rings. The molecule has 1 aromatic heterocycles. The van der Waals surface area contributed by atoms with Crippen molar-refractivity contribution in [2.45, 2.75) is 11.4 Å². The van der Waals surface area contributed by atoms with E-state index in [9.17, 15) is 8.42 Å². The molecular weight excluding hydrogens is 284 g/mol. The number of nitrogens with two attached hydrogens (primary N) is 1. The second-order valence-corrected chi connectivity index (χ2v) is 8.26. The van der Waals surface area contributed by atoms with Gasteiger partial charge in [0.15, 0.2) is 9.84 Å². The van der Waals surface area contributed by atoms with Gasteiger partial charge in [-0.05, 0) is 0 Å². The first-order chi connectivity index (χ1) is 8.88. The molecule has 2 heterocycles. The lowest BCUT2D eigenvalue weighted by Crippen LogP contribution is -2.49. The van der Waals surface area contributed by atoms with Gasteiger partial charge in [0.1, 0.15) is 5.37 Å². The molecule has 2 atom stereocenters. The summed E-state index contributed by atoms with van der Waals surface area (Å²) in [6.07, 6.45) is 4.91. The summed E-state index contributed by atoms with van der Waals surface area (Å²) >= 11 is 1.68. The van der Waals surface area contributed by atoms with Gasteiger partial charge >= 0.3 is 0 Å². The van der Waals surface area contributed by atoms with Gasteiger partial charge in [0.2, 0.25) is 0 Å². The summed E-state index contributed by atoms with van der Waals surface area (Å²) in [5, 5.41) is 3.67. The Kier molecular flexibility index (Phi) is 4.54. The average molecular weight is 304 g/mol. The molecule has 19 heavy (non-hydrogen) atoms. The molecule has 2 N–H and O–H groups in total. The number of rotatable bonds is 4. The second-order valence-electron chi connectivity index (χ2n) is 4.91. The van der Waals surface area contributed by atoms with E-state index in [0.29, 0.717) is 12.3 Å². The van der Waals surface area contributed by atoms with Crippen LogP contribution >= 0.6 is 11.8 Å². The summed E-state index contributed by atoms with van der Waals surface area (Å²) in [7, 11) is -1.23. The molecular formula is C11H20N4O2S2. The van der Waals surface area contributed by atoms with Crippen LogP contribution in [0.15, 0.2) is 12.4 Å². The van der Waals surface area contributed by atoms with Crippen molar-refractivity contribution in [1.82, 2.24) is 14.7 Å². The predicted molar refractivity (Wildman–Crippen MR) is 77.7 cm³/mol. The molecule has 6 nitrogen and oxygen atoms in total. The maximum absolute atomic E-state index is 11.8. The topological polar surface area (TPSA) is 81.2 Å². The molecule has 108 valence electrons. The highest BCUT2D eigenvalue weighted by atomic mass is 32.2. The van der Waals surface area contributed by atoms with Crippen LogP contribution in [-0.2, 0) is 16.9 Å². The van der Waals surface area contributed by atoms with Gasteiger partial charge in [-0.3, -0.25) is 9.58 Å². The second kappa shape index (κ2) is 5.82. The average Bonchev–Trinajstić information content (AvgIpc) is 2.75. The van der Waals surface area contributed by atoms with Gasteiger partial charge in [-0.2, -0.15) is 16.9 Å². The van der Waals surface area contributed by atoms with Crippen molar-refractivity contribution in [3.8, 4) is 0 Å². The third kappa shape index (κ3) is 3.71. The Hall–Kier alpha value is -0.570. The van der Waals surface area contributed by atoms with Crippen LogP contribution in [0.5, 0.6) is 0 Å². The lowest BCUT2D eigenvalue weighted by Gasteiger charge is -2.35. The molecule has 2 rings (SSSR count). The largest absolute Gasteiger partial charge is 0.323 e. The highest BCUT2D eigenvalue weighted by Gasteiger charge is 2.32. The van der Waals surface area contributed by atoms with Crippen LogP contribution in [0.2, 0.25) is 0 Å². The SMILES string of the molecule is Cn1cc(C(N)CN2CCSCC2S(C)(=O)=O)cn1. The number of sulfone groups is 1. The lowest BCUT2D eigenvalue weighted by atomic mass is 10.1. The molecule has 1 aliphatic heterocycles. The molecule has 0 saturated carbocycles. The number of aryl methyl sites for hydroxylation is 1. The minimum atomic E-state index is -3.07. The summed E-state index contributed by atoms with van der Waals surface area (Å²) in [6, 6.07) is -0.207. The van der Waals surface area contributed by atoms with E-state index in [1.165, 1.54) is 6.26 Å². The van der Waals surface area contributed by atoms with Gasteiger partial charge < -0.3 is 5.73 Å². The monoisotopic (exact) mass is 304 g/mol. The first-order valence-electron chi connectivity index (χ1n) is 6.12. The summed E-state index contributed by atoms with van der Waals surface area (Å²) in [5.74, 6) is 1.57. The predicted octanol–water partition coefficient (Wildman–Crippen LogP) is -0.161. The van der Waals surface area contributed by atoms with Crippen LogP contribution in [0.4, 0.5) is 0 Å². The standard InChI is InChI=1S/C11H20N4O2S2/c1-14-6-9(5-13-14)10(12)7-15-3-4-18-8-11(15)19(2,16)17/h5-6,10-11H,3-4,7-8,12H2,1-2H3. The van der Waals surface area contributed by atoms with Crippen LogP contribution in [0.3, 0.4) is 0 Å². The first kappa shape index (κ1) is 14.8. The van der Waals surface area contributed by atoms with E-state index in [4.69, 9.17) is 5.73 Å². The van der Waals surface area contributed by atoms with E-state index < -0.39 is 15.2 Å². The van der Waals surface area contributed by atoms with Crippen molar-refractivity contribution >= 4 is 21.6 Å². The number of hydrogen-bond acceptors (Lipinski definition) is 6. The molecule has 0 amide bonds. The van der Waals surface area contributed by atoms with E-state index in [-0.39, 0.29) is 6.04 Å². The van der Waals surface area contributed by atoms with Crippen LogP contribution in [0.1, 0.15) is 11.6 Å². The maximum Gasteiger partial charge on any atom is 0.164 e. The molecule has 0 radical (unpaired) electrons. The van der Waals surface area contributed by atoms with Crippen molar-refractivity contribution in [3.05, 3.63) is 18.0 Å². The zero-order valence-corrected chi connectivity index (χ0v) is 12.8. The fourth-order valence-electron chi connectivity index (χ4n) is 2.21. The first-order valence-corrected chi connectivity index (χ1v) is 9.23. The van der Waals surface area contributed by atoms with Crippen LogP contribution < -0.4 is 5.73 Å². The summed E-state index contributed by atoms with van der Waals surface area (Å²) in [4.78, 5) is 1.98. The van der Waals surface area contributed by atoms with E-state index >= 15 is 0 Å². The Morgan fingerprint density at radius 2 is 2.37 bits per heavy atom. The Bertz CT molecular complexity index is 529. The van der Waals surface area contributed by atoms with Gasteiger partial charge in [-0.1, -0.05) is 0 Å². The highest BCUT2D eigenvalue weighted by molar-refractivity contribution is 8.00. The van der Waals surface area contributed by atoms with E-state index in [2.05, 4.69) is 5.10 Å².